The van der Waals surface area contributed by atoms with E-state index in [1.165, 1.54) is 11.7 Å². The molecule has 0 spiro atoms. The van der Waals surface area contributed by atoms with Crippen LogP contribution in [0.25, 0.3) is 0 Å². The van der Waals surface area contributed by atoms with Gasteiger partial charge < -0.3 is 14.0 Å². The highest BCUT2D eigenvalue weighted by atomic mass is 16.5. The van der Waals surface area contributed by atoms with Crippen LogP contribution in [-0.4, -0.2) is 18.8 Å². The van der Waals surface area contributed by atoms with E-state index in [0.29, 0.717) is 12.3 Å². The van der Waals surface area contributed by atoms with E-state index in [1.807, 2.05) is 30.3 Å². The van der Waals surface area contributed by atoms with Crippen molar-refractivity contribution >= 4 is 0 Å². The third kappa shape index (κ3) is 2.64. The fraction of sp³-hybridized carbons (Fsp3) is 0.200. The van der Waals surface area contributed by atoms with E-state index < -0.39 is 0 Å². The Kier molecular flexibility index (Phi) is 4.06. The largest absolute Gasteiger partial charge is 0.497 e. The van der Waals surface area contributed by atoms with Gasteiger partial charge in [-0.05, 0) is 23.8 Å². The van der Waals surface area contributed by atoms with Crippen LogP contribution in [0.3, 0.4) is 0 Å². The highest BCUT2D eigenvalue weighted by Gasteiger charge is 2.10. The topological polar surface area (TPSA) is 64.2 Å². The zero-order valence-corrected chi connectivity index (χ0v) is 11.3. The Morgan fingerprint density at radius 2 is 1.85 bits per heavy atom. The van der Waals surface area contributed by atoms with E-state index in [-0.39, 0.29) is 11.1 Å². The van der Waals surface area contributed by atoms with E-state index in [4.69, 9.17) is 14.7 Å². The van der Waals surface area contributed by atoms with Gasteiger partial charge in [0.05, 0.1) is 20.8 Å². The van der Waals surface area contributed by atoms with Crippen molar-refractivity contribution in [3.8, 4) is 17.6 Å². The number of pyridine rings is 1. The lowest BCUT2D eigenvalue weighted by Gasteiger charge is -2.09. The van der Waals surface area contributed by atoms with Gasteiger partial charge in [0.2, 0.25) is 0 Å². The van der Waals surface area contributed by atoms with Crippen LogP contribution in [0.1, 0.15) is 11.1 Å². The first kappa shape index (κ1) is 13.7. The lowest BCUT2D eigenvalue weighted by molar-refractivity contribution is 0.410. The molecule has 1 aromatic carbocycles. The molecule has 0 amide bonds. The minimum absolute atomic E-state index is 0.0171. The lowest BCUT2D eigenvalue weighted by Crippen LogP contribution is -2.23. The van der Waals surface area contributed by atoms with Crippen LogP contribution in [0.15, 0.2) is 41.3 Å². The third-order valence-electron chi connectivity index (χ3n) is 2.97. The molecule has 0 aliphatic rings. The number of hydrogen-bond acceptors (Lipinski definition) is 4. The molecule has 0 fully saturated rings. The second-order valence-electron chi connectivity index (χ2n) is 4.15. The number of methoxy groups -OCH3 is 2. The van der Waals surface area contributed by atoms with Crippen LogP contribution >= 0.6 is 0 Å². The molecular formula is C15H14N2O3. The van der Waals surface area contributed by atoms with Gasteiger partial charge in [0.1, 0.15) is 17.6 Å². The molecule has 2 aromatic rings. The normalized spacial score (nSPS) is 9.85. The molecule has 1 aromatic heterocycles. The molecule has 0 saturated heterocycles. The van der Waals surface area contributed by atoms with Gasteiger partial charge in [-0.25, -0.2) is 0 Å². The Labute approximate surface area is 116 Å². The minimum atomic E-state index is -0.359. The maximum atomic E-state index is 12.1. The molecule has 5 heteroatoms. The van der Waals surface area contributed by atoms with Gasteiger partial charge in [-0.15, -0.1) is 0 Å². The maximum Gasteiger partial charge on any atom is 0.272 e. The molecule has 0 unspecified atom stereocenters. The number of nitrogens with zero attached hydrogens (tertiary/aromatic N) is 2. The molecule has 0 N–H and O–H groups in total. The first-order valence-corrected chi connectivity index (χ1v) is 6.00. The van der Waals surface area contributed by atoms with Crippen molar-refractivity contribution in [3.63, 3.8) is 0 Å². The number of aromatic nitrogens is 1. The summed E-state index contributed by atoms with van der Waals surface area (Å²) in [6.07, 6.45) is 1.62. The fourth-order valence-electron chi connectivity index (χ4n) is 1.88. The number of rotatable bonds is 4. The predicted molar refractivity (Wildman–Crippen MR) is 74.1 cm³/mol. The van der Waals surface area contributed by atoms with Crippen LogP contribution < -0.4 is 15.0 Å². The average Bonchev–Trinajstić information content (AvgIpc) is 2.49. The Hall–Kier alpha value is -2.74. The highest BCUT2D eigenvalue weighted by molar-refractivity contribution is 5.40. The van der Waals surface area contributed by atoms with E-state index >= 15 is 0 Å². The molecule has 0 aliphatic carbocycles. The van der Waals surface area contributed by atoms with E-state index in [2.05, 4.69) is 0 Å². The second-order valence-corrected chi connectivity index (χ2v) is 4.15. The summed E-state index contributed by atoms with van der Waals surface area (Å²) in [6.45, 7) is 0.390. The van der Waals surface area contributed by atoms with Gasteiger partial charge in [0.25, 0.3) is 5.56 Å². The van der Waals surface area contributed by atoms with Crippen molar-refractivity contribution in [1.82, 2.24) is 4.57 Å². The molecule has 102 valence electrons. The SMILES string of the molecule is COc1ccc(Cn2ccc(OC)c(C#N)c2=O)cc1. The van der Waals surface area contributed by atoms with Gasteiger partial charge in [0, 0.05) is 6.20 Å². The number of nitriles is 1. The quantitative estimate of drug-likeness (QED) is 0.849. The van der Waals surface area contributed by atoms with Crippen molar-refractivity contribution in [2.75, 3.05) is 14.2 Å². The van der Waals surface area contributed by atoms with Crippen LogP contribution in [0.2, 0.25) is 0 Å². The summed E-state index contributed by atoms with van der Waals surface area (Å²) in [5.74, 6) is 1.05. The van der Waals surface area contributed by atoms with E-state index in [9.17, 15) is 4.79 Å². The molecule has 1 heterocycles. The van der Waals surface area contributed by atoms with Crippen molar-refractivity contribution in [3.05, 3.63) is 58.0 Å². The zero-order valence-electron chi connectivity index (χ0n) is 11.3. The van der Waals surface area contributed by atoms with Gasteiger partial charge >= 0.3 is 0 Å². The molecule has 0 radical (unpaired) electrons. The minimum Gasteiger partial charge on any atom is -0.497 e. The second kappa shape index (κ2) is 5.93. The number of ether oxygens (including phenoxy) is 2. The monoisotopic (exact) mass is 270 g/mol. The molecule has 5 nitrogen and oxygen atoms in total. The molecule has 0 bridgehead atoms. The van der Waals surface area contributed by atoms with Crippen molar-refractivity contribution in [2.24, 2.45) is 0 Å². The van der Waals surface area contributed by atoms with Crippen molar-refractivity contribution in [2.45, 2.75) is 6.54 Å². The molecule has 0 saturated carbocycles. The summed E-state index contributed by atoms with van der Waals surface area (Å²) in [6, 6.07) is 10.9. The number of benzene rings is 1. The molecule has 20 heavy (non-hydrogen) atoms. The summed E-state index contributed by atoms with van der Waals surface area (Å²) >= 11 is 0. The molecular weight excluding hydrogens is 256 g/mol. The highest BCUT2D eigenvalue weighted by Crippen LogP contribution is 2.14. The smallest absolute Gasteiger partial charge is 0.272 e. The fourth-order valence-corrected chi connectivity index (χ4v) is 1.88. The summed E-state index contributed by atoms with van der Waals surface area (Å²) < 4.78 is 11.6. The first-order chi connectivity index (χ1) is 9.69. The van der Waals surface area contributed by atoms with Gasteiger partial charge in [-0.2, -0.15) is 5.26 Å². The third-order valence-corrected chi connectivity index (χ3v) is 2.97. The summed E-state index contributed by atoms with van der Waals surface area (Å²) in [4.78, 5) is 12.1. The van der Waals surface area contributed by atoms with Crippen LogP contribution in [0.5, 0.6) is 11.5 Å². The summed E-state index contributed by atoms with van der Waals surface area (Å²) in [5.41, 5.74) is 0.605. The van der Waals surface area contributed by atoms with Gasteiger partial charge in [-0.1, -0.05) is 12.1 Å². The molecule has 0 atom stereocenters. The average molecular weight is 270 g/mol. The summed E-state index contributed by atoms with van der Waals surface area (Å²) in [7, 11) is 3.03. The zero-order chi connectivity index (χ0) is 14.5. The Bertz CT molecular complexity index is 697. The molecule has 0 aliphatic heterocycles. The van der Waals surface area contributed by atoms with Crippen molar-refractivity contribution < 1.29 is 9.47 Å². The number of hydrogen-bond donors (Lipinski definition) is 0. The predicted octanol–water partition coefficient (Wildman–Crippen LogP) is 1.79. The van der Waals surface area contributed by atoms with Crippen molar-refractivity contribution in [1.29, 1.82) is 5.26 Å². The van der Waals surface area contributed by atoms with Crippen LogP contribution in [0.4, 0.5) is 0 Å². The standard InChI is InChI=1S/C15H14N2O3/c1-19-12-5-3-11(4-6-12)10-17-8-7-14(20-2)13(9-16)15(17)18/h3-8H,10H2,1-2H3. The van der Waals surface area contributed by atoms with Crippen LogP contribution in [0, 0.1) is 11.3 Å². The Balaban J connectivity index is 2.34. The Morgan fingerprint density at radius 1 is 1.15 bits per heavy atom. The lowest BCUT2D eigenvalue weighted by atomic mass is 10.2. The van der Waals surface area contributed by atoms with Crippen LogP contribution in [-0.2, 0) is 6.54 Å². The first-order valence-electron chi connectivity index (χ1n) is 6.00. The summed E-state index contributed by atoms with van der Waals surface area (Å²) in [5, 5.41) is 9.03. The van der Waals surface area contributed by atoms with Gasteiger partial charge in [-0.3, -0.25) is 4.79 Å². The maximum absolute atomic E-state index is 12.1. The van der Waals surface area contributed by atoms with E-state index in [0.717, 1.165) is 11.3 Å². The molecule has 2 rings (SSSR count). The van der Waals surface area contributed by atoms with E-state index in [1.54, 1.807) is 19.4 Å². The Morgan fingerprint density at radius 3 is 2.40 bits per heavy atom. The van der Waals surface area contributed by atoms with Gasteiger partial charge in [0.15, 0.2) is 5.56 Å².